The van der Waals surface area contributed by atoms with Gasteiger partial charge in [-0.1, -0.05) is 12.0 Å². The standard InChI is InChI=1S/C11H21N5O2/c1-5-13-8(3)10-14-15-11(18-10)16(6-2)7-9(17)12-4/h8,13H,5-7H2,1-4H3,(H,12,17). The van der Waals surface area contributed by atoms with Crippen molar-refractivity contribution < 1.29 is 9.21 Å². The molecule has 0 aliphatic rings. The maximum atomic E-state index is 11.3. The fraction of sp³-hybridized carbons (Fsp3) is 0.727. The Hall–Kier alpha value is -1.63. The van der Waals surface area contributed by atoms with Gasteiger partial charge in [-0.05, 0) is 20.4 Å². The van der Waals surface area contributed by atoms with Gasteiger partial charge < -0.3 is 20.0 Å². The Balaban J connectivity index is 2.72. The molecule has 2 N–H and O–H groups in total. The molecule has 1 heterocycles. The van der Waals surface area contributed by atoms with Crippen molar-refractivity contribution in [3.05, 3.63) is 5.89 Å². The summed E-state index contributed by atoms with van der Waals surface area (Å²) in [6.07, 6.45) is 0. The van der Waals surface area contributed by atoms with Gasteiger partial charge in [0.05, 0.1) is 6.04 Å². The van der Waals surface area contributed by atoms with Gasteiger partial charge in [-0.3, -0.25) is 4.79 Å². The van der Waals surface area contributed by atoms with Gasteiger partial charge in [-0.15, -0.1) is 5.10 Å². The van der Waals surface area contributed by atoms with Crippen LogP contribution in [0.1, 0.15) is 32.7 Å². The number of nitrogens with one attached hydrogen (secondary N) is 2. The molecule has 0 spiro atoms. The highest BCUT2D eigenvalue weighted by atomic mass is 16.4. The molecule has 0 aliphatic carbocycles. The lowest BCUT2D eigenvalue weighted by molar-refractivity contribution is -0.119. The number of rotatable bonds is 7. The number of nitrogens with zero attached hydrogens (tertiary/aromatic N) is 3. The molecule has 7 nitrogen and oxygen atoms in total. The molecule has 1 aromatic rings. The predicted molar refractivity (Wildman–Crippen MR) is 68.3 cm³/mol. The third-order valence-corrected chi connectivity index (χ3v) is 2.58. The van der Waals surface area contributed by atoms with Gasteiger partial charge in [0, 0.05) is 13.6 Å². The molecule has 0 saturated carbocycles. The quantitative estimate of drug-likeness (QED) is 0.729. The molecule has 1 unspecified atom stereocenters. The van der Waals surface area contributed by atoms with Gasteiger partial charge in [0.25, 0.3) is 0 Å². The molecule has 1 amide bonds. The third-order valence-electron chi connectivity index (χ3n) is 2.58. The van der Waals surface area contributed by atoms with Crippen molar-refractivity contribution in [2.45, 2.75) is 26.8 Å². The number of carbonyl (C=O) groups excluding carboxylic acids is 1. The average Bonchev–Trinajstić information content (AvgIpc) is 2.85. The van der Waals surface area contributed by atoms with Crippen LogP contribution in [-0.4, -0.2) is 42.8 Å². The van der Waals surface area contributed by atoms with Crippen molar-refractivity contribution >= 4 is 11.9 Å². The highest BCUT2D eigenvalue weighted by Crippen LogP contribution is 2.16. The van der Waals surface area contributed by atoms with Gasteiger partial charge >= 0.3 is 6.01 Å². The molecule has 0 radical (unpaired) electrons. The summed E-state index contributed by atoms with van der Waals surface area (Å²) in [6, 6.07) is 0.385. The van der Waals surface area contributed by atoms with Crippen LogP contribution in [0.2, 0.25) is 0 Å². The van der Waals surface area contributed by atoms with Crippen molar-refractivity contribution in [1.82, 2.24) is 20.8 Å². The molecule has 1 rings (SSSR count). The number of hydrogen-bond acceptors (Lipinski definition) is 6. The topological polar surface area (TPSA) is 83.3 Å². The highest BCUT2D eigenvalue weighted by molar-refractivity contribution is 5.80. The zero-order valence-corrected chi connectivity index (χ0v) is 11.4. The van der Waals surface area contributed by atoms with E-state index in [1.54, 1.807) is 11.9 Å². The second kappa shape index (κ2) is 6.95. The van der Waals surface area contributed by atoms with Gasteiger partial charge in [0.2, 0.25) is 11.8 Å². The van der Waals surface area contributed by atoms with E-state index >= 15 is 0 Å². The molecule has 1 aromatic heterocycles. The first-order valence-corrected chi connectivity index (χ1v) is 6.14. The van der Waals surface area contributed by atoms with E-state index in [1.165, 1.54) is 0 Å². The molecule has 1 atom stereocenters. The predicted octanol–water partition coefficient (Wildman–Crippen LogP) is 0.312. The molecule has 0 aromatic carbocycles. The second-order valence-electron chi connectivity index (χ2n) is 3.89. The van der Waals surface area contributed by atoms with Gasteiger partial charge in [-0.2, -0.15) is 0 Å². The SMILES string of the molecule is CCNC(C)c1nnc(N(CC)CC(=O)NC)o1. The minimum atomic E-state index is -0.0867. The fourth-order valence-corrected chi connectivity index (χ4v) is 1.49. The van der Waals surface area contributed by atoms with Crippen LogP contribution in [0.25, 0.3) is 0 Å². The van der Waals surface area contributed by atoms with Gasteiger partial charge in [0.15, 0.2) is 0 Å². The smallest absolute Gasteiger partial charge is 0.318 e. The zero-order valence-electron chi connectivity index (χ0n) is 11.4. The van der Waals surface area contributed by atoms with E-state index in [4.69, 9.17) is 4.42 Å². The zero-order chi connectivity index (χ0) is 13.5. The lowest BCUT2D eigenvalue weighted by atomic mass is 10.3. The van der Waals surface area contributed by atoms with E-state index in [1.807, 2.05) is 20.8 Å². The summed E-state index contributed by atoms with van der Waals surface area (Å²) in [4.78, 5) is 13.1. The normalized spacial score (nSPS) is 12.2. The average molecular weight is 255 g/mol. The number of likely N-dealkylation sites (N-methyl/N-ethyl adjacent to an activating group) is 2. The second-order valence-corrected chi connectivity index (χ2v) is 3.89. The van der Waals surface area contributed by atoms with Crippen LogP contribution < -0.4 is 15.5 Å². The van der Waals surface area contributed by atoms with E-state index in [0.29, 0.717) is 18.5 Å². The van der Waals surface area contributed by atoms with E-state index < -0.39 is 0 Å². The first-order valence-electron chi connectivity index (χ1n) is 6.14. The number of aromatic nitrogens is 2. The summed E-state index contributed by atoms with van der Waals surface area (Å²) < 4.78 is 5.56. The molecule has 7 heteroatoms. The highest BCUT2D eigenvalue weighted by Gasteiger charge is 2.18. The summed E-state index contributed by atoms with van der Waals surface area (Å²) >= 11 is 0. The maximum Gasteiger partial charge on any atom is 0.318 e. The number of carbonyl (C=O) groups is 1. The number of hydrogen-bond donors (Lipinski definition) is 2. The molecule has 102 valence electrons. The van der Waals surface area contributed by atoms with Crippen LogP contribution in [0, 0.1) is 0 Å². The number of amides is 1. The van der Waals surface area contributed by atoms with Gasteiger partial charge in [0.1, 0.15) is 6.54 Å². The molecular weight excluding hydrogens is 234 g/mol. The number of anilines is 1. The van der Waals surface area contributed by atoms with E-state index in [0.717, 1.165) is 6.54 Å². The first-order chi connectivity index (χ1) is 8.62. The molecule has 0 saturated heterocycles. The summed E-state index contributed by atoms with van der Waals surface area (Å²) in [5.74, 6) is 0.443. The monoisotopic (exact) mass is 255 g/mol. The van der Waals surface area contributed by atoms with E-state index in [9.17, 15) is 4.79 Å². The van der Waals surface area contributed by atoms with Gasteiger partial charge in [-0.25, -0.2) is 0 Å². The largest absolute Gasteiger partial charge is 0.406 e. The van der Waals surface area contributed by atoms with Crippen molar-refractivity contribution in [3.63, 3.8) is 0 Å². The molecule has 0 bridgehead atoms. The van der Waals surface area contributed by atoms with Crippen LogP contribution >= 0.6 is 0 Å². The molecular formula is C11H21N5O2. The minimum Gasteiger partial charge on any atom is -0.406 e. The van der Waals surface area contributed by atoms with E-state index in [2.05, 4.69) is 20.8 Å². The van der Waals surface area contributed by atoms with Crippen LogP contribution in [0.5, 0.6) is 0 Å². The Bertz CT molecular complexity index is 379. The van der Waals surface area contributed by atoms with Crippen molar-refractivity contribution in [2.24, 2.45) is 0 Å². The lowest BCUT2D eigenvalue weighted by Gasteiger charge is -2.16. The summed E-state index contributed by atoms with van der Waals surface area (Å²) in [6.45, 7) is 7.57. The third kappa shape index (κ3) is 3.69. The van der Waals surface area contributed by atoms with Crippen molar-refractivity contribution in [1.29, 1.82) is 0 Å². The Labute approximate surface area is 107 Å². The fourth-order valence-electron chi connectivity index (χ4n) is 1.49. The Morgan fingerprint density at radius 1 is 1.44 bits per heavy atom. The molecule has 0 aliphatic heterocycles. The van der Waals surface area contributed by atoms with Crippen LogP contribution in [-0.2, 0) is 4.79 Å². The Morgan fingerprint density at radius 3 is 2.72 bits per heavy atom. The minimum absolute atomic E-state index is 0.00922. The van der Waals surface area contributed by atoms with Crippen molar-refractivity contribution in [3.8, 4) is 0 Å². The summed E-state index contributed by atoms with van der Waals surface area (Å²) in [7, 11) is 1.60. The summed E-state index contributed by atoms with van der Waals surface area (Å²) in [5, 5.41) is 13.7. The van der Waals surface area contributed by atoms with Crippen molar-refractivity contribution in [2.75, 3.05) is 31.6 Å². The summed E-state index contributed by atoms with van der Waals surface area (Å²) in [5.41, 5.74) is 0. The van der Waals surface area contributed by atoms with Crippen LogP contribution in [0.15, 0.2) is 4.42 Å². The maximum absolute atomic E-state index is 11.3. The lowest BCUT2D eigenvalue weighted by Crippen LogP contribution is -2.35. The van der Waals surface area contributed by atoms with Crippen LogP contribution in [0.4, 0.5) is 6.01 Å². The first kappa shape index (κ1) is 14.4. The Kier molecular flexibility index (Phi) is 5.57. The molecule has 0 fully saturated rings. The van der Waals surface area contributed by atoms with Crippen LogP contribution in [0.3, 0.4) is 0 Å². The molecule has 18 heavy (non-hydrogen) atoms. The Morgan fingerprint density at radius 2 is 2.17 bits per heavy atom. The van der Waals surface area contributed by atoms with E-state index in [-0.39, 0.29) is 18.5 Å².